The summed E-state index contributed by atoms with van der Waals surface area (Å²) < 4.78 is 0. The van der Waals surface area contributed by atoms with Crippen molar-refractivity contribution >= 4 is 5.91 Å². The Morgan fingerprint density at radius 2 is 1.92 bits per heavy atom. The van der Waals surface area contributed by atoms with E-state index in [4.69, 9.17) is 9.97 Å². The minimum atomic E-state index is 0.199. The van der Waals surface area contributed by atoms with Crippen LogP contribution < -0.4 is 0 Å². The van der Waals surface area contributed by atoms with Gasteiger partial charge in [-0.05, 0) is 37.1 Å². The van der Waals surface area contributed by atoms with Crippen LogP contribution in [0.15, 0.2) is 24.3 Å². The zero-order valence-corrected chi connectivity index (χ0v) is 15.2. The molecule has 4 rings (SSSR count). The van der Waals surface area contributed by atoms with Crippen molar-refractivity contribution in [2.45, 2.75) is 52.0 Å². The summed E-state index contributed by atoms with van der Waals surface area (Å²) >= 11 is 0. The van der Waals surface area contributed by atoms with Gasteiger partial charge in [0.1, 0.15) is 11.6 Å². The Kier molecular flexibility index (Phi) is 4.62. The lowest BCUT2D eigenvalue weighted by atomic mass is 9.97. The number of aromatic nitrogens is 2. The van der Waals surface area contributed by atoms with Crippen LogP contribution in [0, 0.1) is 5.92 Å². The maximum Gasteiger partial charge on any atom is 0.225 e. The molecule has 0 bridgehead atoms. The Balaban J connectivity index is 1.70. The number of nitrogens with zero attached hydrogens (tertiary/aromatic N) is 3. The molecule has 1 fully saturated rings. The van der Waals surface area contributed by atoms with E-state index in [1.165, 1.54) is 12.8 Å². The minimum Gasteiger partial charge on any atom is -0.508 e. The summed E-state index contributed by atoms with van der Waals surface area (Å²) in [5, 5.41) is 9.59. The molecule has 5 heteroatoms. The van der Waals surface area contributed by atoms with Gasteiger partial charge in [-0.1, -0.05) is 19.8 Å². The summed E-state index contributed by atoms with van der Waals surface area (Å²) in [5.41, 5.74) is 3.99. The van der Waals surface area contributed by atoms with Gasteiger partial charge in [-0.3, -0.25) is 4.79 Å². The third-order valence-corrected chi connectivity index (χ3v) is 5.58. The molecule has 1 aliphatic heterocycles. The van der Waals surface area contributed by atoms with Crippen LogP contribution in [-0.4, -0.2) is 32.4 Å². The number of amides is 1. The van der Waals surface area contributed by atoms with Crippen molar-refractivity contribution < 1.29 is 9.90 Å². The van der Waals surface area contributed by atoms with Crippen LogP contribution in [0.3, 0.4) is 0 Å². The van der Waals surface area contributed by atoms with Gasteiger partial charge < -0.3 is 10.0 Å². The zero-order valence-electron chi connectivity index (χ0n) is 15.2. The largest absolute Gasteiger partial charge is 0.508 e. The lowest BCUT2D eigenvalue weighted by Gasteiger charge is -2.31. The molecule has 1 amide bonds. The maximum atomic E-state index is 12.9. The summed E-state index contributed by atoms with van der Waals surface area (Å²) in [6.07, 6.45) is 5.96. The number of phenols is 1. The summed E-state index contributed by atoms with van der Waals surface area (Å²) in [6.45, 7) is 3.39. The van der Waals surface area contributed by atoms with Gasteiger partial charge in [0, 0.05) is 43.0 Å². The highest BCUT2D eigenvalue weighted by Crippen LogP contribution is 2.32. The van der Waals surface area contributed by atoms with Crippen molar-refractivity contribution in [3.63, 3.8) is 0 Å². The summed E-state index contributed by atoms with van der Waals surface area (Å²) in [4.78, 5) is 24.4. The summed E-state index contributed by atoms with van der Waals surface area (Å²) in [7, 11) is 0. The quantitative estimate of drug-likeness (QED) is 0.919. The number of fused-ring (bicyclic) bond motifs is 1. The standard InChI is InChI=1S/C21H25N3O2/c1-2-19-22-18-11-12-24(21(26)15-5-3-4-6-15)13-17(18)20(23-19)14-7-9-16(25)10-8-14/h7-10,15,25H,2-6,11-13H2,1H3. The Morgan fingerprint density at radius 3 is 2.62 bits per heavy atom. The number of carbonyl (C=O) groups excluding carboxylic acids is 1. The van der Waals surface area contributed by atoms with Crippen molar-refractivity contribution in [2.24, 2.45) is 5.92 Å². The van der Waals surface area contributed by atoms with E-state index in [2.05, 4.69) is 6.92 Å². The molecule has 2 aromatic rings. The fourth-order valence-electron chi connectivity index (χ4n) is 4.10. The van der Waals surface area contributed by atoms with Crippen LogP contribution in [0.25, 0.3) is 11.3 Å². The monoisotopic (exact) mass is 351 g/mol. The highest BCUT2D eigenvalue weighted by molar-refractivity contribution is 5.80. The Hall–Kier alpha value is -2.43. The summed E-state index contributed by atoms with van der Waals surface area (Å²) in [5.74, 6) is 1.57. The average Bonchev–Trinajstić information content (AvgIpc) is 3.21. The molecule has 2 aliphatic rings. The predicted molar refractivity (Wildman–Crippen MR) is 99.6 cm³/mol. The van der Waals surface area contributed by atoms with Gasteiger partial charge in [0.15, 0.2) is 0 Å². The normalized spacial score (nSPS) is 17.3. The Morgan fingerprint density at radius 1 is 1.19 bits per heavy atom. The Labute approximate surface area is 154 Å². The molecule has 136 valence electrons. The smallest absolute Gasteiger partial charge is 0.225 e. The highest BCUT2D eigenvalue weighted by atomic mass is 16.3. The zero-order chi connectivity index (χ0) is 18.1. The van der Waals surface area contributed by atoms with Crippen molar-refractivity contribution in [3.8, 4) is 17.0 Å². The molecule has 1 N–H and O–H groups in total. The second-order valence-electron chi connectivity index (χ2n) is 7.31. The SMILES string of the molecule is CCc1nc2c(c(-c3ccc(O)cc3)n1)CN(C(=O)C1CCCC1)CC2. The average molecular weight is 351 g/mol. The van der Waals surface area contributed by atoms with Crippen molar-refractivity contribution in [1.82, 2.24) is 14.9 Å². The lowest BCUT2D eigenvalue weighted by Crippen LogP contribution is -2.40. The minimum absolute atomic E-state index is 0.199. The third-order valence-electron chi connectivity index (χ3n) is 5.58. The van der Waals surface area contributed by atoms with Gasteiger partial charge in [0.05, 0.1) is 11.4 Å². The van der Waals surface area contributed by atoms with Crippen molar-refractivity contribution in [1.29, 1.82) is 0 Å². The first-order valence-corrected chi connectivity index (χ1v) is 9.62. The number of hydrogen-bond acceptors (Lipinski definition) is 4. The first kappa shape index (κ1) is 17.0. The van der Waals surface area contributed by atoms with Gasteiger partial charge in [0.2, 0.25) is 5.91 Å². The van der Waals surface area contributed by atoms with E-state index in [0.717, 1.165) is 60.6 Å². The number of benzene rings is 1. The number of carbonyl (C=O) groups is 1. The maximum absolute atomic E-state index is 12.9. The molecule has 5 nitrogen and oxygen atoms in total. The number of phenolic OH excluding ortho intramolecular Hbond substituents is 1. The van der Waals surface area contributed by atoms with Crippen molar-refractivity contribution in [3.05, 3.63) is 41.3 Å². The fourth-order valence-corrected chi connectivity index (χ4v) is 4.10. The van der Waals surface area contributed by atoms with Crippen LogP contribution in [0.5, 0.6) is 5.75 Å². The lowest BCUT2D eigenvalue weighted by molar-refractivity contribution is -0.136. The molecule has 2 heterocycles. The van der Waals surface area contributed by atoms with E-state index in [9.17, 15) is 9.90 Å². The highest BCUT2D eigenvalue weighted by Gasteiger charge is 2.31. The van der Waals surface area contributed by atoms with Gasteiger partial charge in [-0.25, -0.2) is 9.97 Å². The molecule has 1 aromatic carbocycles. The second-order valence-corrected chi connectivity index (χ2v) is 7.31. The topological polar surface area (TPSA) is 66.3 Å². The van der Waals surface area contributed by atoms with Crippen molar-refractivity contribution in [2.75, 3.05) is 6.54 Å². The van der Waals surface area contributed by atoms with E-state index < -0.39 is 0 Å². The molecular formula is C21H25N3O2. The number of rotatable bonds is 3. The molecule has 26 heavy (non-hydrogen) atoms. The molecule has 1 aliphatic carbocycles. The fraction of sp³-hybridized carbons (Fsp3) is 0.476. The molecule has 0 unspecified atom stereocenters. The second kappa shape index (κ2) is 7.06. The predicted octanol–water partition coefficient (Wildman–Crippen LogP) is 3.49. The van der Waals surface area contributed by atoms with E-state index >= 15 is 0 Å². The van der Waals surface area contributed by atoms with E-state index in [-0.39, 0.29) is 11.7 Å². The van der Waals surface area contributed by atoms with Gasteiger partial charge in [0.25, 0.3) is 0 Å². The number of aromatic hydroxyl groups is 1. The van der Waals surface area contributed by atoms with Gasteiger partial charge >= 0.3 is 0 Å². The van der Waals surface area contributed by atoms with E-state index in [1.54, 1.807) is 12.1 Å². The number of hydrogen-bond donors (Lipinski definition) is 1. The van der Waals surface area contributed by atoms with Crippen LogP contribution in [0.4, 0.5) is 0 Å². The first-order valence-electron chi connectivity index (χ1n) is 9.62. The van der Waals surface area contributed by atoms with Crippen LogP contribution in [0.1, 0.15) is 49.7 Å². The molecule has 1 aromatic heterocycles. The van der Waals surface area contributed by atoms with Crippen LogP contribution >= 0.6 is 0 Å². The number of aryl methyl sites for hydroxylation is 1. The molecular weight excluding hydrogens is 326 g/mol. The third kappa shape index (κ3) is 3.18. The molecule has 0 radical (unpaired) electrons. The van der Waals surface area contributed by atoms with Crippen LogP contribution in [0.2, 0.25) is 0 Å². The van der Waals surface area contributed by atoms with E-state index in [0.29, 0.717) is 12.5 Å². The van der Waals surface area contributed by atoms with E-state index in [1.807, 2.05) is 17.0 Å². The molecule has 0 spiro atoms. The van der Waals surface area contributed by atoms with Gasteiger partial charge in [-0.2, -0.15) is 0 Å². The van der Waals surface area contributed by atoms with Gasteiger partial charge in [-0.15, -0.1) is 0 Å². The molecule has 0 saturated heterocycles. The molecule has 0 atom stereocenters. The van der Waals surface area contributed by atoms with Crippen LogP contribution in [-0.2, 0) is 24.2 Å². The molecule has 1 saturated carbocycles. The summed E-state index contributed by atoms with van der Waals surface area (Å²) in [6, 6.07) is 7.13. The first-order chi connectivity index (χ1) is 12.7. The Bertz CT molecular complexity index is 811.